The van der Waals surface area contributed by atoms with E-state index in [0.29, 0.717) is 25.2 Å². The number of halogens is 2. The Hall–Kier alpha value is -1.66. The van der Waals surface area contributed by atoms with Gasteiger partial charge in [-0.2, -0.15) is 0 Å². The van der Waals surface area contributed by atoms with Crippen LogP contribution >= 0.6 is 12.4 Å². The fourth-order valence-electron chi connectivity index (χ4n) is 2.86. The summed E-state index contributed by atoms with van der Waals surface area (Å²) in [5.74, 6) is -0.375. The number of benzene rings is 1. The zero-order chi connectivity index (χ0) is 15.9. The minimum absolute atomic E-state index is 0. The van der Waals surface area contributed by atoms with Gasteiger partial charge in [-0.05, 0) is 49.6 Å². The highest BCUT2D eigenvalue weighted by molar-refractivity contribution is 5.94. The summed E-state index contributed by atoms with van der Waals surface area (Å²) in [7, 11) is 0. The molecule has 1 fully saturated rings. The lowest BCUT2D eigenvalue weighted by Gasteiger charge is -2.17. The van der Waals surface area contributed by atoms with Crippen molar-refractivity contribution in [3.63, 3.8) is 0 Å². The van der Waals surface area contributed by atoms with Crippen molar-refractivity contribution in [1.82, 2.24) is 10.6 Å². The molecular weight excluding hydrogens is 321 g/mol. The van der Waals surface area contributed by atoms with Crippen LogP contribution in [-0.4, -0.2) is 31.4 Å². The Morgan fingerprint density at radius 2 is 1.78 bits per heavy atom. The maximum Gasteiger partial charge on any atom is 0.251 e. The summed E-state index contributed by atoms with van der Waals surface area (Å²) < 4.78 is 12.8. The van der Waals surface area contributed by atoms with Crippen LogP contribution in [-0.2, 0) is 4.79 Å². The summed E-state index contributed by atoms with van der Waals surface area (Å²) >= 11 is 0. The predicted octanol–water partition coefficient (Wildman–Crippen LogP) is 1.47. The molecule has 0 heterocycles. The van der Waals surface area contributed by atoms with E-state index in [1.807, 2.05) is 0 Å². The second-order valence-electron chi connectivity index (χ2n) is 5.59. The van der Waals surface area contributed by atoms with Crippen LogP contribution in [0.2, 0.25) is 0 Å². The molecule has 0 unspecified atom stereocenters. The SMILES string of the molecule is Cl.NC[C@H]1CCC[C@H]1C(=O)NCCNC(=O)c1ccc(F)cc1. The molecule has 0 aromatic heterocycles. The average molecular weight is 344 g/mol. The fourth-order valence-corrected chi connectivity index (χ4v) is 2.86. The fraction of sp³-hybridized carbons (Fsp3) is 0.500. The van der Waals surface area contributed by atoms with Crippen LogP contribution in [0.1, 0.15) is 29.6 Å². The van der Waals surface area contributed by atoms with E-state index in [0.717, 1.165) is 19.3 Å². The quantitative estimate of drug-likeness (QED) is 0.684. The molecule has 0 saturated heterocycles. The van der Waals surface area contributed by atoms with E-state index in [1.165, 1.54) is 24.3 Å². The van der Waals surface area contributed by atoms with Gasteiger partial charge in [0, 0.05) is 24.6 Å². The van der Waals surface area contributed by atoms with Gasteiger partial charge in [-0.15, -0.1) is 12.4 Å². The van der Waals surface area contributed by atoms with E-state index in [9.17, 15) is 14.0 Å². The summed E-state index contributed by atoms with van der Waals surface area (Å²) in [6.07, 6.45) is 2.94. The maximum absolute atomic E-state index is 12.8. The van der Waals surface area contributed by atoms with Gasteiger partial charge in [0.2, 0.25) is 5.91 Å². The monoisotopic (exact) mass is 343 g/mol. The van der Waals surface area contributed by atoms with Crippen molar-refractivity contribution in [3.8, 4) is 0 Å². The molecule has 2 atom stereocenters. The Morgan fingerprint density at radius 1 is 1.13 bits per heavy atom. The first-order valence-electron chi connectivity index (χ1n) is 7.63. The molecule has 0 bridgehead atoms. The minimum atomic E-state index is -0.380. The molecule has 1 aliphatic rings. The van der Waals surface area contributed by atoms with Crippen LogP contribution in [0.4, 0.5) is 4.39 Å². The first-order valence-corrected chi connectivity index (χ1v) is 7.63. The maximum atomic E-state index is 12.8. The number of hydrogen-bond donors (Lipinski definition) is 3. The van der Waals surface area contributed by atoms with Gasteiger partial charge in [-0.1, -0.05) is 6.42 Å². The molecule has 23 heavy (non-hydrogen) atoms. The third-order valence-electron chi connectivity index (χ3n) is 4.11. The number of nitrogens with two attached hydrogens (primary N) is 1. The van der Waals surface area contributed by atoms with E-state index in [1.54, 1.807) is 0 Å². The van der Waals surface area contributed by atoms with E-state index >= 15 is 0 Å². The van der Waals surface area contributed by atoms with E-state index in [-0.39, 0.29) is 41.9 Å². The molecule has 1 saturated carbocycles. The van der Waals surface area contributed by atoms with Crippen molar-refractivity contribution in [2.75, 3.05) is 19.6 Å². The predicted molar refractivity (Wildman–Crippen MR) is 88.9 cm³/mol. The van der Waals surface area contributed by atoms with Gasteiger partial charge >= 0.3 is 0 Å². The number of nitrogens with one attached hydrogen (secondary N) is 2. The molecule has 0 spiro atoms. The molecule has 1 aliphatic carbocycles. The van der Waals surface area contributed by atoms with Gasteiger partial charge in [-0.3, -0.25) is 9.59 Å². The standard InChI is InChI=1S/C16H22FN3O2.ClH/c17-13-6-4-11(5-7-13)15(21)19-8-9-20-16(22)14-3-1-2-12(14)10-18;/h4-7,12,14H,1-3,8-10,18H2,(H,19,21)(H,20,22);1H/t12-,14-;/m1./s1. The highest BCUT2D eigenvalue weighted by Crippen LogP contribution is 2.30. The molecule has 7 heteroatoms. The Morgan fingerprint density at radius 3 is 2.43 bits per heavy atom. The van der Waals surface area contributed by atoms with Crippen molar-refractivity contribution >= 4 is 24.2 Å². The molecule has 2 amide bonds. The first-order chi connectivity index (χ1) is 10.6. The molecule has 4 N–H and O–H groups in total. The third kappa shape index (κ3) is 5.48. The van der Waals surface area contributed by atoms with Crippen LogP contribution in [0.15, 0.2) is 24.3 Å². The normalized spacial score (nSPS) is 19.7. The molecule has 128 valence electrons. The van der Waals surface area contributed by atoms with Crippen LogP contribution in [0.5, 0.6) is 0 Å². The number of amides is 2. The molecule has 1 aromatic rings. The van der Waals surface area contributed by atoms with Crippen LogP contribution in [0.3, 0.4) is 0 Å². The summed E-state index contributed by atoms with van der Waals surface area (Å²) in [5.41, 5.74) is 6.06. The van der Waals surface area contributed by atoms with Crippen LogP contribution in [0, 0.1) is 17.7 Å². The zero-order valence-electron chi connectivity index (χ0n) is 12.9. The highest BCUT2D eigenvalue weighted by Gasteiger charge is 2.31. The summed E-state index contributed by atoms with van der Waals surface area (Å²) in [6.45, 7) is 1.25. The lowest BCUT2D eigenvalue weighted by atomic mass is 9.95. The summed E-state index contributed by atoms with van der Waals surface area (Å²) in [4.78, 5) is 23.8. The smallest absolute Gasteiger partial charge is 0.251 e. The molecular formula is C16H23ClFN3O2. The minimum Gasteiger partial charge on any atom is -0.354 e. The van der Waals surface area contributed by atoms with E-state index < -0.39 is 0 Å². The third-order valence-corrected chi connectivity index (χ3v) is 4.11. The van der Waals surface area contributed by atoms with Gasteiger partial charge in [-0.25, -0.2) is 4.39 Å². The molecule has 2 rings (SSSR count). The van der Waals surface area contributed by atoms with Crippen molar-refractivity contribution < 1.29 is 14.0 Å². The number of carbonyl (C=O) groups is 2. The largest absolute Gasteiger partial charge is 0.354 e. The van der Waals surface area contributed by atoms with E-state index in [4.69, 9.17) is 5.73 Å². The molecule has 5 nitrogen and oxygen atoms in total. The molecule has 0 radical (unpaired) electrons. The van der Waals surface area contributed by atoms with Gasteiger partial charge < -0.3 is 16.4 Å². The second-order valence-corrected chi connectivity index (χ2v) is 5.59. The number of carbonyl (C=O) groups excluding carboxylic acids is 2. The highest BCUT2D eigenvalue weighted by atomic mass is 35.5. The first kappa shape index (κ1) is 19.4. The average Bonchev–Trinajstić information content (AvgIpc) is 3.00. The Labute approximate surface area is 141 Å². The topological polar surface area (TPSA) is 84.2 Å². The summed E-state index contributed by atoms with van der Waals surface area (Å²) in [5, 5.41) is 5.52. The molecule has 0 aliphatic heterocycles. The number of rotatable bonds is 6. The van der Waals surface area contributed by atoms with Crippen LogP contribution < -0.4 is 16.4 Å². The Bertz CT molecular complexity index is 525. The van der Waals surface area contributed by atoms with Gasteiger partial charge in [0.05, 0.1) is 0 Å². The van der Waals surface area contributed by atoms with Crippen molar-refractivity contribution in [3.05, 3.63) is 35.6 Å². The summed E-state index contributed by atoms with van der Waals surface area (Å²) in [6, 6.07) is 5.33. The number of hydrogen-bond acceptors (Lipinski definition) is 3. The van der Waals surface area contributed by atoms with Gasteiger partial charge in [0.15, 0.2) is 0 Å². The Kier molecular flexibility index (Phi) is 7.98. The zero-order valence-corrected chi connectivity index (χ0v) is 13.7. The van der Waals surface area contributed by atoms with E-state index in [2.05, 4.69) is 10.6 Å². The van der Waals surface area contributed by atoms with Gasteiger partial charge in [0.25, 0.3) is 5.91 Å². The Balaban J connectivity index is 0.00000264. The van der Waals surface area contributed by atoms with Crippen molar-refractivity contribution in [2.24, 2.45) is 17.6 Å². The van der Waals surface area contributed by atoms with Crippen LogP contribution in [0.25, 0.3) is 0 Å². The molecule has 1 aromatic carbocycles. The van der Waals surface area contributed by atoms with Crippen molar-refractivity contribution in [2.45, 2.75) is 19.3 Å². The second kappa shape index (κ2) is 9.47. The lowest BCUT2D eigenvalue weighted by Crippen LogP contribution is -2.39. The van der Waals surface area contributed by atoms with Crippen molar-refractivity contribution in [1.29, 1.82) is 0 Å². The van der Waals surface area contributed by atoms with Gasteiger partial charge in [0.1, 0.15) is 5.82 Å². The lowest BCUT2D eigenvalue weighted by molar-refractivity contribution is -0.125.